The zero-order chi connectivity index (χ0) is 24.3. The number of carbonyl (C=O) groups excluding carboxylic acids is 1. The summed E-state index contributed by atoms with van der Waals surface area (Å²) >= 11 is 0. The van der Waals surface area contributed by atoms with Crippen LogP contribution >= 0.6 is 0 Å². The SMILES string of the molecule is COCC(=O)N1CC[C@H](OCc2ccccn2)[C@@H](Cc2ccccc2)C1.O=C(O)C(F)(F)F. The smallest absolute Gasteiger partial charge is 0.475 e. The predicted molar refractivity (Wildman–Crippen MR) is 113 cm³/mol. The highest BCUT2D eigenvalue weighted by Crippen LogP contribution is 2.25. The molecular formula is C23H27F3N2O5. The minimum atomic E-state index is -5.08. The van der Waals surface area contributed by atoms with Crippen LogP contribution in [0.2, 0.25) is 0 Å². The average Bonchev–Trinajstić information content (AvgIpc) is 2.79. The summed E-state index contributed by atoms with van der Waals surface area (Å²) in [5.41, 5.74) is 2.20. The Balaban J connectivity index is 0.000000479. The second-order valence-electron chi connectivity index (χ2n) is 7.48. The minimum absolute atomic E-state index is 0.0498. The van der Waals surface area contributed by atoms with Gasteiger partial charge in [-0.15, -0.1) is 0 Å². The molecule has 1 aromatic carbocycles. The molecule has 0 aliphatic carbocycles. The third-order valence-corrected chi connectivity index (χ3v) is 5.04. The molecule has 0 bridgehead atoms. The number of hydrogen-bond acceptors (Lipinski definition) is 5. The van der Waals surface area contributed by atoms with Gasteiger partial charge in [-0.2, -0.15) is 13.2 Å². The lowest BCUT2D eigenvalue weighted by Gasteiger charge is -2.38. The van der Waals surface area contributed by atoms with E-state index in [-0.39, 0.29) is 24.5 Å². The molecule has 2 atom stereocenters. The van der Waals surface area contributed by atoms with Gasteiger partial charge in [0.1, 0.15) is 6.61 Å². The largest absolute Gasteiger partial charge is 0.490 e. The van der Waals surface area contributed by atoms with Crippen molar-refractivity contribution in [1.29, 1.82) is 0 Å². The third kappa shape index (κ3) is 9.19. The number of benzene rings is 1. The molecule has 0 spiro atoms. The van der Waals surface area contributed by atoms with Gasteiger partial charge in [-0.05, 0) is 30.5 Å². The second-order valence-corrected chi connectivity index (χ2v) is 7.48. The van der Waals surface area contributed by atoms with Crippen molar-refractivity contribution in [3.05, 3.63) is 66.0 Å². The van der Waals surface area contributed by atoms with Crippen LogP contribution in [0, 0.1) is 5.92 Å². The molecule has 1 aromatic heterocycles. The van der Waals surface area contributed by atoms with E-state index in [4.69, 9.17) is 19.4 Å². The zero-order valence-electron chi connectivity index (χ0n) is 18.2. The molecule has 1 fully saturated rings. The number of carboxylic acids is 1. The Morgan fingerprint density at radius 3 is 2.39 bits per heavy atom. The van der Waals surface area contributed by atoms with Crippen molar-refractivity contribution in [3.63, 3.8) is 0 Å². The molecule has 0 unspecified atom stereocenters. The first-order valence-corrected chi connectivity index (χ1v) is 10.3. The van der Waals surface area contributed by atoms with Crippen LogP contribution in [0.15, 0.2) is 54.7 Å². The van der Waals surface area contributed by atoms with Crippen LogP contribution in [0.4, 0.5) is 13.2 Å². The fraction of sp³-hybridized carbons (Fsp3) is 0.435. The molecule has 3 rings (SSSR count). The summed E-state index contributed by atoms with van der Waals surface area (Å²) < 4.78 is 43.0. The van der Waals surface area contributed by atoms with Gasteiger partial charge in [0.05, 0.1) is 18.4 Å². The molecule has 10 heteroatoms. The maximum atomic E-state index is 12.2. The zero-order valence-corrected chi connectivity index (χ0v) is 18.2. The molecule has 33 heavy (non-hydrogen) atoms. The van der Waals surface area contributed by atoms with Crippen molar-refractivity contribution in [1.82, 2.24) is 9.88 Å². The number of hydrogen-bond donors (Lipinski definition) is 1. The third-order valence-electron chi connectivity index (χ3n) is 5.04. The monoisotopic (exact) mass is 468 g/mol. The summed E-state index contributed by atoms with van der Waals surface area (Å²) in [6.45, 7) is 2.05. The van der Waals surface area contributed by atoms with Crippen LogP contribution in [0.3, 0.4) is 0 Å². The van der Waals surface area contributed by atoms with Gasteiger partial charge in [0, 0.05) is 32.3 Å². The van der Waals surface area contributed by atoms with Gasteiger partial charge in [0.15, 0.2) is 0 Å². The number of aromatic nitrogens is 1. The van der Waals surface area contributed by atoms with E-state index < -0.39 is 12.1 Å². The van der Waals surface area contributed by atoms with Crippen LogP contribution in [0.5, 0.6) is 0 Å². The first kappa shape index (κ1) is 26.3. The first-order chi connectivity index (χ1) is 15.7. The Hall–Kier alpha value is -2.98. The maximum Gasteiger partial charge on any atom is 0.490 e. The highest BCUT2D eigenvalue weighted by molar-refractivity contribution is 5.77. The summed E-state index contributed by atoms with van der Waals surface area (Å²) in [4.78, 5) is 27.4. The Labute approximate surface area is 190 Å². The number of carbonyl (C=O) groups is 2. The van der Waals surface area contributed by atoms with Gasteiger partial charge >= 0.3 is 12.1 Å². The Kier molecular flexibility index (Phi) is 10.3. The van der Waals surface area contributed by atoms with E-state index in [1.165, 1.54) is 5.56 Å². The number of alkyl halides is 3. The van der Waals surface area contributed by atoms with Crippen LogP contribution in [-0.2, 0) is 32.1 Å². The van der Waals surface area contributed by atoms with Crippen LogP contribution in [0.1, 0.15) is 17.7 Å². The standard InChI is InChI=1S/C21H26N2O3.C2HF3O2/c1-25-16-21(24)23-12-10-20(26-15-19-9-5-6-11-22-19)18(14-23)13-17-7-3-2-4-8-17;3-2(4,5)1(6)7/h2-9,11,18,20H,10,12-16H2,1H3;(H,6,7)/t18-,20-;/m0./s1. The normalized spacial score (nSPS) is 18.2. The van der Waals surface area contributed by atoms with Gasteiger partial charge in [-0.25, -0.2) is 4.79 Å². The number of nitrogens with zero attached hydrogens (tertiary/aromatic N) is 2. The van der Waals surface area contributed by atoms with Crippen LogP contribution < -0.4 is 0 Å². The van der Waals surface area contributed by atoms with Crippen molar-refractivity contribution in [2.24, 2.45) is 5.92 Å². The van der Waals surface area contributed by atoms with Crippen molar-refractivity contribution >= 4 is 11.9 Å². The fourth-order valence-electron chi connectivity index (χ4n) is 3.46. The van der Waals surface area contributed by atoms with Gasteiger partial charge in [0.25, 0.3) is 0 Å². The summed E-state index contributed by atoms with van der Waals surface area (Å²) in [5.74, 6) is -2.45. The van der Waals surface area contributed by atoms with Crippen molar-refractivity contribution in [3.8, 4) is 0 Å². The van der Waals surface area contributed by atoms with E-state index in [2.05, 4.69) is 29.2 Å². The van der Waals surface area contributed by atoms with E-state index in [9.17, 15) is 18.0 Å². The number of likely N-dealkylation sites (tertiary alicyclic amines) is 1. The highest BCUT2D eigenvalue weighted by atomic mass is 19.4. The molecule has 7 nitrogen and oxygen atoms in total. The molecule has 0 radical (unpaired) electrons. The number of carboxylic acid groups (broad SMARTS) is 1. The Morgan fingerprint density at radius 1 is 1.15 bits per heavy atom. The Morgan fingerprint density at radius 2 is 1.82 bits per heavy atom. The first-order valence-electron chi connectivity index (χ1n) is 10.3. The molecule has 1 amide bonds. The fourth-order valence-corrected chi connectivity index (χ4v) is 3.46. The Bertz CT molecular complexity index is 865. The molecule has 180 valence electrons. The lowest BCUT2D eigenvalue weighted by atomic mass is 9.88. The van der Waals surface area contributed by atoms with E-state index in [0.29, 0.717) is 19.7 Å². The molecule has 1 saturated heterocycles. The van der Waals surface area contributed by atoms with E-state index >= 15 is 0 Å². The minimum Gasteiger partial charge on any atom is -0.475 e. The molecular weight excluding hydrogens is 441 g/mol. The number of ether oxygens (including phenoxy) is 2. The van der Waals surface area contributed by atoms with Crippen molar-refractivity contribution in [2.75, 3.05) is 26.8 Å². The maximum absolute atomic E-state index is 12.2. The molecule has 1 aliphatic rings. The summed E-state index contributed by atoms with van der Waals surface area (Å²) in [5, 5.41) is 7.12. The number of methoxy groups -OCH3 is 1. The molecule has 2 heterocycles. The molecule has 2 aromatic rings. The number of rotatable bonds is 7. The quantitative estimate of drug-likeness (QED) is 0.671. The number of aliphatic carboxylic acids is 1. The number of halogens is 3. The van der Waals surface area contributed by atoms with Crippen molar-refractivity contribution in [2.45, 2.75) is 31.7 Å². The second kappa shape index (κ2) is 12.9. The number of pyridine rings is 1. The molecule has 0 saturated carbocycles. The lowest BCUT2D eigenvalue weighted by molar-refractivity contribution is -0.192. The van der Waals surface area contributed by atoms with Crippen LogP contribution in [-0.4, -0.2) is 66.0 Å². The summed E-state index contributed by atoms with van der Waals surface area (Å²) in [7, 11) is 1.56. The topological polar surface area (TPSA) is 89.0 Å². The summed E-state index contributed by atoms with van der Waals surface area (Å²) in [6.07, 6.45) is -1.46. The molecule has 1 aliphatic heterocycles. The van der Waals surface area contributed by atoms with Gasteiger partial charge in [-0.1, -0.05) is 36.4 Å². The van der Waals surface area contributed by atoms with Crippen molar-refractivity contribution < 1.29 is 37.3 Å². The lowest BCUT2D eigenvalue weighted by Crippen LogP contribution is -2.48. The van der Waals surface area contributed by atoms with Gasteiger partial charge in [0.2, 0.25) is 5.91 Å². The number of piperidine rings is 1. The van der Waals surface area contributed by atoms with E-state index in [1.54, 1.807) is 13.3 Å². The van der Waals surface area contributed by atoms with Crippen LogP contribution in [0.25, 0.3) is 0 Å². The highest BCUT2D eigenvalue weighted by Gasteiger charge is 2.38. The van der Waals surface area contributed by atoms with Gasteiger partial charge < -0.3 is 19.5 Å². The summed E-state index contributed by atoms with van der Waals surface area (Å²) in [6, 6.07) is 16.2. The molecule has 1 N–H and O–H groups in total. The predicted octanol–water partition coefficient (Wildman–Crippen LogP) is 3.34. The van der Waals surface area contributed by atoms with Gasteiger partial charge in [-0.3, -0.25) is 9.78 Å². The average molecular weight is 468 g/mol. The van der Waals surface area contributed by atoms with E-state index in [1.807, 2.05) is 29.2 Å². The number of amides is 1. The van der Waals surface area contributed by atoms with E-state index in [0.717, 1.165) is 18.5 Å².